The average Bonchev–Trinajstić information content (AvgIpc) is 3.32. The van der Waals surface area contributed by atoms with Gasteiger partial charge in [0, 0.05) is 33.9 Å². The highest BCUT2D eigenvalue weighted by atomic mass is 32.1. The molecule has 0 saturated heterocycles. The SMILES string of the molecule is COc1cc(C=O)ccc1OCC(=O)c1cc(C)n(CCc2cccs2)c1C. The summed E-state index contributed by atoms with van der Waals surface area (Å²) in [6.07, 6.45) is 1.68. The lowest BCUT2D eigenvalue weighted by Crippen LogP contribution is -2.13. The maximum absolute atomic E-state index is 12.7. The van der Waals surface area contributed by atoms with E-state index in [9.17, 15) is 9.59 Å². The van der Waals surface area contributed by atoms with Crippen molar-refractivity contribution in [3.63, 3.8) is 0 Å². The third-order valence-corrected chi connectivity index (χ3v) is 5.65. The van der Waals surface area contributed by atoms with Gasteiger partial charge in [-0.3, -0.25) is 9.59 Å². The van der Waals surface area contributed by atoms with Gasteiger partial charge in [-0.2, -0.15) is 0 Å². The fraction of sp³-hybridized carbons (Fsp3) is 0.273. The fourth-order valence-electron chi connectivity index (χ4n) is 3.20. The summed E-state index contributed by atoms with van der Waals surface area (Å²) in [7, 11) is 1.50. The van der Waals surface area contributed by atoms with Crippen molar-refractivity contribution in [1.82, 2.24) is 4.57 Å². The van der Waals surface area contributed by atoms with Crippen molar-refractivity contribution >= 4 is 23.4 Å². The summed E-state index contributed by atoms with van der Waals surface area (Å²) >= 11 is 1.74. The van der Waals surface area contributed by atoms with Crippen molar-refractivity contribution in [2.45, 2.75) is 26.8 Å². The zero-order chi connectivity index (χ0) is 20.1. The monoisotopic (exact) mass is 397 g/mol. The number of carbonyl (C=O) groups is 2. The first-order valence-corrected chi connectivity index (χ1v) is 9.89. The van der Waals surface area contributed by atoms with Crippen LogP contribution >= 0.6 is 11.3 Å². The Hall–Kier alpha value is -2.86. The van der Waals surface area contributed by atoms with Gasteiger partial charge in [0.05, 0.1) is 7.11 Å². The maximum Gasteiger partial charge on any atom is 0.202 e. The maximum atomic E-state index is 12.7. The van der Waals surface area contributed by atoms with Crippen LogP contribution < -0.4 is 9.47 Å². The molecule has 3 rings (SSSR count). The van der Waals surface area contributed by atoms with Crippen LogP contribution in [-0.2, 0) is 13.0 Å². The molecule has 0 aliphatic rings. The first-order valence-electron chi connectivity index (χ1n) is 9.01. The molecule has 0 spiro atoms. The molecule has 0 aliphatic heterocycles. The summed E-state index contributed by atoms with van der Waals surface area (Å²) < 4.78 is 13.1. The number of Topliss-reactive ketones (excluding diaryl/α,β-unsaturated/α-hetero) is 1. The van der Waals surface area contributed by atoms with Crippen LogP contribution in [0.25, 0.3) is 0 Å². The van der Waals surface area contributed by atoms with E-state index in [-0.39, 0.29) is 12.4 Å². The minimum absolute atomic E-state index is 0.0861. The molecule has 6 heteroatoms. The number of hydrogen-bond donors (Lipinski definition) is 0. The van der Waals surface area contributed by atoms with Crippen molar-refractivity contribution in [2.24, 2.45) is 0 Å². The Morgan fingerprint density at radius 1 is 1.18 bits per heavy atom. The second kappa shape index (κ2) is 8.89. The third kappa shape index (κ3) is 4.34. The van der Waals surface area contributed by atoms with Gasteiger partial charge < -0.3 is 14.0 Å². The number of aldehydes is 1. The van der Waals surface area contributed by atoms with Gasteiger partial charge in [-0.1, -0.05) is 6.07 Å². The van der Waals surface area contributed by atoms with Crippen LogP contribution in [0.2, 0.25) is 0 Å². The van der Waals surface area contributed by atoms with E-state index in [1.165, 1.54) is 12.0 Å². The van der Waals surface area contributed by atoms with Crippen LogP contribution in [0.15, 0.2) is 41.8 Å². The molecule has 2 heterocycles. The van der Waals surface area contributed by atoms with E-state index >= 15 is 0 Å². The second-order valence-electron chi connectivity index (χ2n) is 6.51. The van der Waals surface area contributed by atoms with Gasteiger partial charge in [-0.25, -0.2) is 0 Å². The van der Waals surface area contributed by atoms with Gasteiger partial charge in [0.2, 0.25) is 5.78 Å². The molecule has 0 N–H and O–H groups in total. The van der Waals surface area contributed by atoms with Gasteiger partial charge >= 0.3 is 0 Å². The predicted octanol–water partition coefficient (Wildman–Crippen LogP) is 4.49. The van der Waals surface area contributed by atoms with Crippen LogP contribution in [-0.4, -0.2) is 30.4 Å². The van der Waals surface area contributed by atoms with Gasteiger partial charge in [0.25, 0.3) is 0 Å². The second-order valence-corrected chi connectivity index (χ2v) is 7.54. The van der Waals surface area contributed by atoms with Crippen molar-refractivity contribution in [2.75, 3.05) is 13.7 Å². The van der Waals surface area contributed by atoms with E-state index in [1.54, 1.807) is 29.5 Å². The number of hydrogen-bond acceptors (Lipinski definition) is 5. The number of ketones is 1. The molecule has 0 unspecified atom stereocenters. The van der Waals surface area contributed by atoms with Crippen molar-refractivity contribution in [3.8, 4) is 11.5 Å². The van der Waals surface area contributed by atoms with Crippen molar-refractivity contribution in [3.05, 3.63) is 69.2 Å². The highest BCUT2D eigenvalue weighted by Crippen LogP contribution is 2.28. The lowest BCUT2D eigenvalue weighted by molar-refractivity contribution is 0.0918. The zero-order valence-corrected chi connectivity index (χ0v) is 17.0. The lowest BCUT2D eigenvalue weighted by atomic mass is 10.1. The van der Waals surface area contributed by atoms with Crippen LogP contribution in [0.1, 0.15) is 37.0 Å². The quantitative estimate of drug-likeness (QED) is 0.394. The van der Waals surface area contributed by atoms with Gasteiger partial charge in [0.15, 0.2) is 18.1 Å². The molecule has 146 valence electrons. The summed E-state index contributed by atoms with van der Waals surface area (Å²) in [4.78, 5) is 24.9. The van der Waals surface area contributed by atoms with Crippen LogP contribution in [0.4, 0.5) is 0 Å². The Kier molecular flexibility index (Phi) is 6.31. The number of benzene rings is 1. The number of ether oxygens (including phenoxy) is 2. The van der Waals surface area contributed by atoms with Gasteiger partial charge in [-0.15, -0.1) is 11.3 Å². The molecular weight excluding hydrogens is 374 g/mol. The summed E-state index contributed by atoms with van der Waals surface area (Å²) in [6, 6.07) is 11.0. The van der Waals surface area contributed by atoms with E-state index in [1.807, 2.05) is 19.9 Å². The number of nitrogens with zero attached hydrogens (tertiary/aromatic N) is 1. The summed E-state index contributed by atoms with van der Waals surface area (Å²) in [5.41, 5.74) is 3.17. The molecule has 1 aromatic carbocycles. The fourth-order valence-corrected chi connectivity index (χ4v) is 3.90. The summed E-state index contributed by atoms with van der Waals surface area (Å²) in [5, 5.41) is 2.08. The molecule has 0 atom stereocenters. The number of thiophene rings is 1. The molecule has 0 amide bonds. The minimum atomic E-state index is -0.0913. The van der Waals surface area contributed by atoms with Crippen molar-refractivity contribution in [1.29, 1.82) is 0 Å². The minimum Gasteiger partial charge on any atom is -0.493 e. The van der Waals surface area contributed by atoms with E-state index in [0.717, 1.165) is 30.6 Å². The molecular formula is C22H23NO4S. The van der Waals surface area contributed by atoms with E-state index in [2.05, 4.69) is 22.1 Å². The Labute approximate surface area is 168 Å². The molecule has 0 aliphatic carbocycles. The van der Waals surface area contributed by atoms with Crippen LogP contribution in [0.3, 0.4) is 0 Å². The number of rotatable bonds is 9. The third-order valence-electron chi connectivity index (χ3n) is 4.72. The number of methoxy groups -OCH3 is 1. The zero-order valence-electron chi connectivity index (χ0n) is 16.2. The molecule has 2 aromatic heterocycles. The molecule has 28 heavy (non-hydrogen) atoms. The van der Waals surface area contributed by atoms with E-state index in [0.29, 0.717) is 22.6 Å². The summed E-state index contributed by atoms with van der Waals surface area (Å²) in [6.45, 7) is 4.73. The molecule has 3 aromatic rings. The van der Waals surface area contributed by atoms with Crippen molar-refractivity contribution < 1.29 is 19.1 Å². The van der Waals surface area contributed by atoms with Gasteiger partial charge in [0.1, 0.15) is 6.29 Å². The highest BCUT2D eigenvalue weighted by molar-refractivity contribution is 7.09. The number of aryl methyl sites for hydroxylation is 2. The first-order chi connectivity index (χ1) is 13.5. The number of carbonyl (C=O) groups excluding carboxylic acids is 2. The molecule has 0 bridgehead atoms. The Bertz CT molecular complexity index is 973. The first kappa shape index (κ1) is 19.9. The number of aromatic nitrogens is 1. The average molecular weight is 397 g/mol. The van der Waals surface area contributed by atoms with Crippen LogP contribution in [0, 0.1) is 13.8 Å². The molecule has 0 radical (unpaired) electrons. The Balaban J connectivity index is 1.69. The molecule has 0 fully saturated rings. The standard InChI is InChI=1S/C22H23NO4S/c1-15-11-19(16(2)23(15)9-8-18-5-4-10-28-18)20(25)14-27-21-7-6-17(13-24)12-22(21)26-3/h4-7,10-13H,8-9,14H2,1-3H3. The van der Waals surface area contributed by atoms with Crippen LogP contribution in [0.5, 0.6) is 11.5 Å². The van der Waals surface area contributed by atoms with E-state index in [4.69, 9.17) is 9.47 Å². The largest absolute Gasteiger partial charge is 0.493 e. The lowest BCUT2D eigenvalue weighted by Gasteiger charge is -2.11. The topological polar surface area (TPSA) is 57.5 Å². The predicted molar refractivity (Wildman–Crippen MR) is 110 cm³/mol. The Morgan fingerprint density at radius 3 is 2.68 bits per heavy atom. The smallest absolute Gasteiger partial charge is 0.202 e. The molecule has 5 nitrogen and oxygen atoms in total. The summed E-state index contributed by atoms with van der Waals surface area (Å²) in [5.74, 6) is 0.781. The normalized spacial score (nSPS) is 10.7. The van der Waals surface area contributed by atoms with E-state index < -0.39 is 0 Å². The highest BCUT2D eigenvalue weighted by Gasteiger charge is 2.17. The Morgan fingerprint density at radius 2 is 2.00 bits per heavy atom. The molecule has 0 saturated carbocycles. The van der Waals surface area contributed by atoms with Gasteiger partial charge in [-0.05, 0) is 56.0 Å².